The largest absolute Gasteiger partial charge is 0.481 e. The first-order valence-corrected chi connectivity index (χ1v) is 10.7. The Morgan fingerprint density at radius 3 is 2.43 bits per heavy atom. The van der Waals surface area contributed by atoms with Crippen molar-refractivity contribution in [3.8, 4) is 0 Å². The SMILES string of the molecule is CC(C)(CC(=O)O)c1ccc(N2CCC[C@H]2C(C)(C)O)c(Nc2ccc(Cl)cc2)c1. The lowest BCUT2D eigenvalue weighted by molar-refractivity contribution is -0.138. The van der Waals surface area contributed by atoms with Crippen molar-refractivity contribution in [3.05, 3.63) is 53.1 Å². The topological polar surface area (TPSA) is 72.8 Å². The third-order valence-corrected chi connectivity index (χ3v) is 6.12. The van der Waals surface area contributed by atoms with E-state index in [1.54, 1.807) is 0 Å². The molecule has 0 spiro atoms. The molecule has 0 aromatic heterocycles. The molecule has 162 valence electrons. The minimum absolute atomic E-state index is 0.0150. The molecule has 0 radical (unpaired) electrons. The van der Waals surface area contributed by atoms with Crippen molar-refractivity contribution in [1.29, 1.82) is 0 Å². The maximum atomic E-state index is 11.4. The summed E-state index contributed by atoms with van der Waals surface area (Å²) in [5, 5.41) is 24.2. The van der Waals surface area contributed by atoms with Crippen molar-refractivity contribution in [3.63, 3.8) is 0 Å². The fraction of sp³-hybridized carbons (Fsp3) is 0.458. The van der Waals surface area contributed by atoms with Crippen LogP contribution in [0.15, 0.2) is 42.5 Å². The highest BCUT2D eigenvalue weighted by molar-refractivity contribution is 6.30. The van der Waals surface area contributed by atoms with Crippen molar-refractivity contribution < 1.29 is 15.0 Å². The molecule has 3 N–H and O–H groups in total. The number of hydrogen-bond acceptors (Lipinski definition) is 4. The number of carboxylic acid groups (broad SMARTS) is 1. The van der Waals surface area contributed by atoms with Gasteiger partial charge in [-0.2, -0.15) is 0 Å². The highest BCUT2D eigenvalue weighted by Crippen LogP contribution is 2.40. The van der Waals surface area contributed by atoms with Crippen molar-refractivity contribution in [2.24, 2.45) is 0 Å². The number of nitrogens with one attached hydrogen (secondary N) is 1. The molecule has 1 aliphatic heterocycles. The highest BCUT2D eigenvalue weighted by Gasteiger charge is 2.37. The average molecular weight is 431 g/mol. The summed E-state index contributed by atoms with van der Waals surface area (Å²) in [7, 11) is 0. The van der Waals surface area contributed by atoms with Crippen LogP contribution in [0.1, 0.15) is 52.5 Å². The second kappa shape index (κ2) is 8.48. The molecule has 0 aliphatic carbocycles. The van der Waals surface area contributed by atoms with Gasteiger partial charge in [0, 0.05) is 22.7 Å². The standard InChI is InChI=1S/C24H31ClN2O3/c1-23(2,15-22(28)29)16-7-12-20(27-13-5-6-21(27)24(3,4)30)19(14-16)26-18-10-8-17(25)9-11-18/h7-12,14,21,26,30H,5-6,13,15H2,1-4H3,(H,28,29)/t21-/m0/s1. The van der Waals surface area contributed by atoms with E-state index in [2.05, 4.69) is 10.2 Å². The molecule has 1 fully saturated rings. The van der Waals surface area contributed by atoms with Crippen LogP contribution in [0.4, 0.5) is 17.1 Å². The minimum atomic E-state index is -0.824. The van der Waals surface area contributed by atoms with E-state index in [9.17, 15) is 15.0 Å². The summed E-state index contributed by atoms with van der Waals surface area (Å²) in [6.07, 6.45) is 1.99. The Morgan fingerprint density at radius 2 is 1.83 bits per heavy atom. The predicted molar refractivity (Wildman–Crippen MR) is 123 cm³/mol. The van der Waals surface area contributed by atoms with Gasteiger partial charge in [0.2, 0.25) is 0 Å². The third kappa shape index (κ3) is 5.08. The van der Waals surface area contributed by atoms with Gasteiger partial charge in [0.1, 0.15) is 0 Å². The molecule has 0 amide bonds. The summed E-state index contributed by atoms with van der Waals surface area (Å²) in [5.41, 5.74) is 2.40. The van der Waals surface area contributed by atoms with Crippen LogP contribution in [0.5, 0.6) is 0 Å². The van der Waals surface area contributed by atoms with Gasteiger partial charge in [-0.25, -0.2) is 0 Å². The van der Waals surface area contributed by atoms with Gasteiger partial charge in [-0.1, -0.05) is 31.5 Å². The smallest absolute Gasteiger partial charge is 0.304 e. The summed E-state index contributed by atoms with van der Waals surface area (Å²) in [4.78, 5) is 13.6. The number of carboxylic acids is 1. The lowest BCUT2D eigenvalue weighted by Gasteiger charge is -2.37. The fourth-order valence-electron chi connectivity index (χ4n) is 4.27. The van der Waals surface area contributed by atoms with E-state index in [0.717, 1.165) is 42.0 Å². The second-order valence-electron chi connectivity index (χ2n) is 9.32. The normalized spacial score (nSPS) is 17.3. The Balaban J connectivity index is 2.04. The van der Waals surface area contributed by atoms with Gasteiger partial charge >= 0.3 is 5.97 Å². The van der Waals surface area contributed by atoms with Crippen LogP contribution in [-0.2, 0) is 10.2 Å². The maximum Gasteiger partial charge on any atom is 0.304 e. The molecule has 0 unspecified atom stereocenters. The Hall–Kier alpha value is -2.24. The monoisotopic (exact) mass is 430 g/mol. The molecule has 0 saturated carbocycles. The molecule has 1 heterocycles. The Bertz CT molecular complexity index is 904. The number of rotatable bonds is 7. The molecule has 1 saturated heterocycles. The molecule has 2 aromatic carbocycles. The van der Waals surface area contributed by atoms with Gasteiger partial charge < -0.3 is 20.4 Å². The van der Waals surface area contributed by atoms with Crippen LogP contribution in [-0.4, -0.2) is 34.4 Å². The van der Waals surface area contributed by atoms with Crippen molar-refractivity contribution in [1.82, 2.24) is 0 Å². The molecule has 0 bridgehead atoms. The van der Waals surface area contributed by atoms with Crippen LogP contribution in [0.25, 0.3) is 0 Å². The number of anilines is 3. The first-order valence-electron chi connectivity index (χ1n) is 10.4. The molecule has 1 aliphatic rings. The van der Waals surface area contributed by atoms with Crippen LogP contribution in [0.2, 0.25) is 5.02 Å². The first-order chi connectivity index (χ1) is 14.0. The minimum Gasteiger partial charge on any atom is -0.481 e. The van der Waals surface area contributed by atoms with Crippen molar-refractivity contribution in [2.45, 2.75) is 64.0 Å². The quantitative estimate of drug-likeness (QED) is 0.535. The second-order valence-corrected chi connectivity index (χ2v) is 9.76. The predicted octanol–water partition coefficient (Wildman–Crippen LogP) is 5.58. The summed E-state index contributed by atoms with van der Waals surface area (Å²) >= 11 is 6.03. The van der Waals surface area contributed by atoms with E-state index in [0.29, 0.717) is 5.02 Å². The maximum absolute atomic E-state index is 11.4. The van der Waals surface area contributed by atoms with Crippen molar-refractivity contribution in [2.75, 3.05) is 16.8 Å². The van der Waals surface area contributed by atoms with E-state index >= 15 is 0 Å². The number of benzene rings is 2. The van der Waals surface area contributed by atoms with Gasteiger partial charge in [-0.05, 0) is 68.7 Å². The van der Waals surface area contributed by atoms with Gasteiger partial charge in [-0.15, -0.1) is 0 Å². The molecular weight excluding hydrogens is 400 g/mol. The Labute approximate surface area is 183 Å². The number of nitrogens with zero attached hydrogens (tertiary/aromatic N) is 1. The lowest BCUT2D eigenvalue weighted by atomic mass is 9.81. The van der Waals surface area contributed by atoms with E-state index in [1.165, 1.54) is 0 Å². The van der Waals surface area contributed by atoms with Gasteiger partial charge in [0.05, 0.1) is 29.4 Å². The Kier molecular flexibility index (Phi) is 6.34. The summed E-state index contributed by atoms with van der Waals surface area (Å²) in [6, 6.07) is 13.6. The summed E-state index contributed by atoms with van der Waals surface area (Å²) in [5.74, 6) is -0.821. The molecule has 2 aromatic rings. The zero-order valence-electron chi connectivity index (χ0n) is 18.1. The number of carbonyl (C=O) groups is 1. The summed E-state index contributed by atoms with van der Waals surface area (Å²) in [6.45, 7) is 8.45. The number of hydrogen-bond donors (Lipinski definition) is 3. The van der Waals surface area contributed by atoms with E-state index in [-0.39, 0.29) is 12.5 Å². The van der Waals surface area contributed by atoms with E-state index in [4.69, 9.17) is 11.6 Å². The highest BCUT2D eigenvalue weighted by atomic mass is 35.5. The van der Waals surface area contributed by atoms with Gasteiger partial charge in [0.25, 0.3) is 0 Å². The van der Waals surface area contributed by atoms with Crippen LogP contribution < -0.4 is 10.2 Å². The zero-order chi connectivity index (χ0) is 22.1. The number of aliphatic hydroxyl groups is 1. The first kappa shape index (κ1) is 22.4. The molecule has 6 heteroatoms. The van der Waals surface area contributed by atoms with Crippen molar-refractivity contribution >= 4 is 34.6 Å². The van der Waals surface area contributed by atoms with E-state index < -0.39 is 17.0 Å². The van der Waals surface area contributed by atoms with Crippen LogP contribution >= 0.6 is 11.6 Å². The average Bonchev–Trinajstić information content (AvgIpc) is 3.12. The Morgan fingerprint density at radius 1 is 1.17 bits per heavy atom. The summed E-state index contributed by atoms with van der Waals surface area (Å²) < 4.78 is 0. The zero-order valence-corrected chi connectivity index (χ0v) is 18.8. The number of aliphatic carboxylic acids is 1. The van der Waals surface area contributed by atoms with Gasteiger partial charge in [0.15, 0.2) is 0 Å². The number of halogens is 1. The van der Waals surface area contributed by atoms with E-state index in [1.807, 2.05) is 70.2 Å². The molecule has 30 heavy (non-hydrogen) atoms. The fourth-order valence-corrected chi connectivity index (χ4v) is 4.39. The van der Waals surface area contributed by atoms with Crippen LogP contribution in [0, 0.1) is 0 Å². The molecule has 3 rings (SSSR count). The molecule has 5 nitrogen and oxygen atoms in total. The van der Waals surface area contributed by atoms with Gasteiger partial charge in [-0.3, -0.25) is 4.79 Å². The van der Waals surface area contributed by atoms with Crippen LogP contribution in [0.3, 0.4) is 0 Å². The third-order valence-electron chi connectivity index (χ3n) is 5.87. The molecule has 1 atom stereocenters. The molecular formula is C24H31ClN2O3. The lowest BCUT2D eigenvalue weighted by Crippen LogP contribution is -2.46.